The van der Waals surface area contributed by atoms with Gasteiger partial charge in [-0.15, -0.1) is 23.7 Å². The lowest BCUT2D eigenvalue weighted by Crippen LogP contribution is -2.44. The Balaban J connectivity index is 0.00000108. The topological polar surface area (TPSA) is 64.9 Å². The van der Waals surface area contributed by atoms with Gasteiger partial charge in [0.05, 0.1) is 12.0 Å². The molecule has 0 aromatic carbocycles. The van der Waals surface area contributed by atoms with Gasteiger partial charge in [-0.3, -0.25) is 0 Å². The average Bonchev–Trinajstić information content (AvgIpc) is 2.86. The molecule has 4 nitrogen and oxygen atoms in total. The van der Waals surface area contributed by atoms with Gasteiger partial charge in [0.15, 0.2) is 5.82 Å². The van der Waals surface area contributed by atoms with E-state index in [9.17, 15) is 0 Å². The summed E-state index contributed by atoms with van der Waals surface area (Å²) in [6, 6.07) is 4.09. The summed E-state index contributed by atoms with van der Waals surface area (Å²) in [6.45, 7) is 0. The number of thiophene rings is 1. The summed E-state index contributed by atoms with van der Waals surface area (Å²) in [4.78, 5) is 5.61. The summed E-state index contributed by atoms with van der Waals surface area (Å²) >= 11 is 1.70. The molecule has 92 valence electrons. The fourth-order valence-corrected chi connectivity index (χ4v) is 2.57. The Labute approximate surface area is 110 Å². The Morgan fingerprint density at radius 3 is 2.88 bits per heavy atom. The van der Waals surface area contributed by atoms with Crippen molar-refractivity contribution in [3.63, 3.8) is 0 Å². The molecule has 2 heterocycles. The van der Waals surface area contributed by atoms with Gasteiger partial charge >= 0.3 is 0 Å². The zero-order valence-corrected chi connectivity index (χ0v) is 10.9. The van der Waals surface area contributed by atoms with Crippen LogP contribution in [0, 0.1) is 0 Å². The van der Waals surface area contributed by atoms with Gasteiger partial charge in [-0.2, -0.15) is 4.98 Å². The van der Waals surface area contributed by atoms with E-state index in [1.54, 1.807) is 11.3 Å². The first kappa shape index (κ1) is 12.5. The summed E-state index contributed by atoms with van der Waals surface area (Å²) in [5, 5.41) is 6.03. The molecule has 17 heavy (non-hydrogen) atoms. The van der Waals surface area contributed by atoms with Crippen molar-refractivity contribution >= 4 is 23.7 Å². The molecule has 0 atom stereocenters. The van der Waals surface area contributed by atoms with E-state index in [1.165, 1.54) is 4.88 Å². The maximum atomic E-state index is 6.13. The Bertz CT molecular complexity index is 479. The molecule has 0 bridgehead atoms. The summed E-state index contributed by atoms with van der Waals surface area (Å²) in [5.41, 5.74) is 5.81. The van der Waals surface area contributed by atoms with Crippen LogP contribution in [0.25, 0.3) is 0 Å². The highest BCUT2D eigenvalue weighted by Crippen LogP contribution is 2.36. The van der Waals surface area contributed by atoms with E-state index in [2.05, 4.69) is 16.2 Å². The fourth-order valence-electron chi connectivity index (χ4n) is 1.87. The van der Waals surface area contributed by atoms with Crippen molar-refractivity contribution < 1.29 is 4.52 Å². The molecule has 0 spiro atoms. The van der Waals surface area contributed by atoms with Crippen LogP contribution < -0.4 is 5.73 Å². The standard InChI is InChI=1S/C11H13N3OS.ClH/c12-11(4-2-5-11)10-13-9(15-14-10)7-8-3-1-6-16-8;/h1,3,6H,2,4-5,7,12H2;1H. The predicted molar refractivity (Wildman–Crippen MR) is 68.4 cm³/mol. The molecule has 1 aliphatic carbocycles. The van der Waals surface area contributed by atoms with Crippen molar-refractivity contribution in [2.45, 2.75) is 31.2 Å². The molecule has 2 aromatic heterocycles. The quantitative estimate of drug-likeness (QED) is 0.931. The van der Waals surface area contributed by atoms with E-state index in [4.69, 9.17) is 10.3 Å². The van der Waals surface area contributed by atoms with E-state index in [-0.39, 0.29) is 17.9 Å². The minimum Gasteiger partial charge on any atom is -0.339 e. The number of halogens is 1. The first-order valence-electron chi connectivity index (χ1n) is 5.41. The molecule has 2 N–H and O–H groups in total. The van der Waals surface area contributed by atoms with Gasteiger partial charge in [0.25, 0.3) is 0 Å². The zero-order valence-electron chi connectivity index (χ0n) is 9.26. The molecule has 0 radical (unpaired) electrons. The van der Waals surface area contributed by atoms with Crippen LogP contribution in [0.4, 0.5) is 0 Å². The molecule has 6 heteroatoms. The summed E-state index contributed by atoms with van der Waals surface area (Å²) in [7, 11) is 0. The molecule has 3 rings (SSSR count). The third kappa shape index (κ3) is 2.36. The lowest BCUT2D eigenvalue weighted by molar-refractivity contribution is 0.229. The van der Waals surface area contributed by atoms with Crippen molar-refractivity contribution in [2.24, 2.45) is 5.73 Å². The van der Waals surface area contributed by atoms with E-state index < -0.39 is 0 Å². The average molecular weight is 272 g/mol. The van der Waals surface area contributed by atoms with Crippen molar-refractivity contribution in [3.8, 4) is 0 Å². The van der Waals surface area contributed by atoms with E-state index >= 15 is 0 Å². The molecule has 1 fully saturated rings. The van der Waals surface area contributed by atoms with E-state index in [0.717, 1.165) is 19.3 Å². The van der Waals surface area contributed by atoms with Gasteiger partial charge in [-0.05, 0) is 30.7 Å². The Morgan fingerprint density at radius 1 is 1.47 bits per heavy atom. The van der Waals surface area contributed by atoms with Crippen LogP contribution in [0.3, 0.4) is 0 Å². The number of nitrogens with two attached hydrogens (primary N) is 1. The lowest BCUT2D eigenvalue weighted by Gasteiger charge is -2.34. The van der Waals surface area contributed by atoms with Gasteiger partial charge < -0.3 is 10.3 Å². The first-order chi connectivity index (χ1) is 7.76. The second-order valence-electron chi connectivity index (χ2n) is 4.28. The van der Waals surface area contributed by atoms with Crippen LogP contribution in [0.15, 0.2) is 22.0 Å². The third-order valence-electron chi connectivity index (χ3n) is 3.06. The molecule has 0 aliphatic heterocycles. The van der Waals surface area contributed by atoms with Crippen LogP contribution in [0.1, 0.15) is 35.9 Å². The molecule has 2 aromatic rings. The van der Waals surface area contributed by atoms with Gasteiger partial charge in [0, 0.05) is 4.88 Å². The van der Waals surface area contributed by atoms with Gasteiger partial charge in [0.1, 0.15) is 0 Å². The predicted octanol–water partition coefficient (Wildman–Crippen LogP) is 2.48. The number of nitrogens with zero attached hydrogens (tertiary/aromatic N) is 2. The van der Waals surface area contributed by atoms with Crippen LogP contribution in [0.2, 0.25) is 0 Å². The number of hydrogen-bond donors (Lipinski definition) is 1. The van der Waals surface area contributed by atoms with Crippen LogP contribution in [-0.2, 0) is 12.0 Å². The van der Waals surface area contributed by atoms with E-state index in [0.29, 0.717) is 18.1 Å². The largest absolute Gasteiger partial charge is 0.339 e. The van der Waals surface area contributed by atoms with Crippen molar-refractivity contribution in [3.05, 3.63) is 34.1 Å². The molecule has 1 saturated carbocycles. The van der Waals surface area contributed by atoms with E-state index in [1.807, 2.05) is 11.4 Å². The van der Waals surface area contributed by atoms with Gasteiger partial charge in [-0.1, -0.05) is 11.2 Å². The molecule has 0 unspecified atom stereocenters. The normalized spacial score (nSPS) is 17.2. The SMILES string of the molecule is Cl.NC1(c2noc(Cc3cccs3)n2)CCC1. The lowest BCUT2D eigenvalue weighted by atomic mass is 9.77. The van der Waals surface area contributed by atoms with Crippen molar-refractivity contribution in [1.82, 2.24) is 10.1 Å². The first-order valence-corrected chi connectivity index (χ1v) is 6.29. The fraction of sp³-hybridized carbons (Fsp3) is 0.455. The molecule has 1 aliphatic rings. The van der Waals surface area contributed by atoms with Crippen molar-refractivity contribution in [1.29, 1.82) is 0 Å². The number of rotatable bonds is 3. The highest BCUT2D eigenvalue weighted by molar-refractivity contribution is 7.09. The van der Waals surface area contributed by atoms with Crippen LogP contribution in [-0.4, -0.2) is 10.1 Å². The number of aromatic nitrogens is 2. The minimum absolute atomic E-state index is 0. The monoisotopic (exact) mass is 271 g/mol. The highest BCUT2D eigenvalue weighted by Gasteiger charge is 2.38. The van der Waals surface area contributed by atoms with Crippen LogP contribution in [0.5, 0.6) is 0 Å². The minimum atomic E-state index is -0.322. The van der Waals surface area contributed by atoms with Crippen molar-refractivity contribution in [2.75, 3.05) is 0 Å². The molecular weight excluding hydrogens is 258 g/mol. The molecule has 0 amide bonds. The zero-order chi connectivity index (χ0) is 11.0. The smallest absolute Gasteiger partial charge is 0.231 e. The third-order valence-corrected chi connectivity index (χ3v) is 3.94. The maximum absolute atomic E-state index is 6.13. The Kier molecular flexibility index (Phi) is 3.51. The van der Waals surface area contributed by atoms with Gasteiger partial charge in [-0.25, -0.2) is 0 Å². The summed E-state index contributed by atoms with van der Waals surface area (Å²) in [5.74, 6) is 1.33. The van der Waals surface area contributed by atoms with Gasteiger partial charge in [0.2, 0.25) is 5.89 Å². The maximum Gasteiger partial charge on any atom is 0.231 e. The highest BCUT2D eigenvalue weighted by atomic mass is 35.5. The van der Waals surface area contributed by atoms with Crippen LogP contribution >= 0.6 is 23.7 Å². The Morgan fingerprint density at radius 2 is 2.29 bits per heavy atom. The second kappa shape index (κ2) is 4.76. The number of hydrogen-bond acceptors (Lipinski definition) is 5. The molecule has 0 saturated heterocycles. The Hall–Kier alpha value is -0.910. The summed E-state index contributed by atoms with van der Waals surface area (Å²) < 4.78 is 5.23. The summed E-state index contributed by atoms with van der Waals surface area (Å²) in [6.07, 6.45) is 3.79. The second-order valence-corrected chi connectivity index (χ2v) is 5.31. The molecular formula is C11H14ClN3OS.